The topological polar surface area (TPSA) is 75.4 Å². The Balaban J connectivity index is 2.37. The number of carbonyl (C=O) groups is 2. The molecule has 1 saturated carbocycles. The second kappa shape index (κ2) is 8.08. The van der Waals surface area contributed by atoms with Gasteiger partial charge in [-0.25, -0.2) is 0 Å². The van der Waals surface area contributed by atoms with Gasteiger partial charge in [-0.2, -0.15) is 0 Å². The molecule has 2 amide bonds. The Morgan fingerprint density at radius 2 is 1.72 bits per heavy atom. The largest absolute Gasteiger partial charge is 0.346 e. The quantitative estimate of drug-likeness (QED) is 0.774. The lowest BCUT2D eigenvalue weighted by Gasteiger charge is -2.29. The maximum absolute atomic E-state index is 11.9. The Bertz CT molecular complexity index is 273. The van der Waals surface area contributed by atoms with E-state index in [2.05, 4.69) is 5.32 Å². The zero-order valence-electron chi connectivity index (χ0n) is 11.3. The summed E-state index contributed by atoms with van der Waals surface area (Å²) in [5, 5.41) is 2.52. The van der Waals surface area contributed by atoms with Crippen LogP contribution in [0.3, 0.4) is 0 Å². The number of rotatable bonds is 4. The van der Waals surface area contributed by atoms with E-state index in [9.17, 15) is 9.59 Å². The number of carbonyl (C=O) groups excluding carboxylic acids is 2. The molecule has 1 rings (SSSR count). The number of hydrogen-bond donors (Lipinski definition) is 2. The van der Waals surface area contributed by atoms with Crippen LogP contribution in [0.1, 0.15) is 44.9 Å². The lowest BCUT2D eigenvalue weighted by molar-refractivity contribution is -0.133. The van der Waals surface area contributed by atoms with E-state index in [1.165, 1.54) is 32.1 Å². The summed E-state index contributed by atoms with van der Waals surface area (Å²) in [6, 6.07) is 0.326. The van der Waals surface area contributed by atoms with Crippen LogP contribution in [0.25, 0.3) is 0 Å². The summed E-state index contributed by atoms with van der Waals surface area (Å²) >= 11 is 0. The van der Waals surface area contributed by atoms with Crippen molar-refractivity contribution in [2.45, 2.75) is 51.0 Å². The Labute approximate surface area is 109 Å². The highest BCUT2D eigenvalue weighted by molar-refractivity contribution is 5.85. The molecular formula is C13H25N3O2. The molecule has 0 aliphatic heterocycles. The van der Waals surface area contributed by atoms with Crippen LogP contribution in [0.4, 0.5) is 0 Å². The molecule has 0 aromatic carbocycles. The molecule has 1 aliphatic rings. The minimum Gasteiger partial charge on any atom is -0.346 e. The highest BCUT2D eigenvalue weighted by Gasteiger charge is 2.20. The molecule has 0 spiro atoms. The summed E-state index contributed by atoms with van der Waals surface area (Å²) < 4.78 is 0. The molecule has 0 atom stereocenters. The van der Waals surface area contributed by atoms with Gasteiger partial charge in [-0.3, -0.25) is 9.59 Å². The fourth-order valence-corrected chi connectivity index (χ4v) is 2.40. The van der Waals surface area contributed by atoms with Gasteiger partial charge in [-0.05, 0) is 12.8 Å². The van der Waals surface area contributed by atoms with Crippen molar-refractivity contribution in [2.24, 2.45) is 5.73 Å². The second-order valence-corrected chi connectivity index (χ2v) is 4.98. The molecule has 0 unspecified atom stereocenters. The molecular weight excluding hydrogens is 230 g/mol. The number of hydrogen-bond acceptors (Lipinski definition) is 3. The molecule has 3 N–H and O–H groups in total. The average molecular weight is 255 g/mol. The molecule has 5 nitrogen and oxygen atoms in total. The van der Waals surface area contributed by atoms with Gasteiger partial charge < -0.3 is 16.0 Å². The van der Waals surface area contributed by atoms with E-state index in [0.29, 0.717) is 6.04 Å². The number of likely N-dealkylation sites (N-methyl/N-ethyl adjacent to an activating group) is 1. The number of amides is 2. The van der Waals surface area contributed by atoms with Crippen LogP contribution < -0.4 is 11.1 Å². The van der Waals surface area contributed by atoms with E-state index >= 15 is 0 Å². The normalized spacial score (nSPS) is 17.7. The molecule has 1 fully saturated rings. The lowest BCUT2D eigenvalue weighted by Crippen LogP contribution is -2.44. The average Bonchev–Trinajstić information content (AvgIpc) is 2.34. The molecule has 18 heavy (non-hydrogen) atoms. The molecule has 104 valence electrons. The van der Waals surface area contributed by atoms with Crippen LogP contribution in [0, 0.1) is 0 Å². The van der Waals surface area contributed by atoms with Crippen molar-refractivity contribution in [1.29, 1.82) is 0 Å². The van der Waals surface area contributed by atoms with Crippen molar-refractivity contribution in [2.75, 3.05) is 20.1 Å². The molecule has 1 aliphatic carbocycles. The van der Waals surface area contributed by atoms with Gasteiger partial charge in [0.25, 0.3) is 0 Å². The zero-order valence-corrected chi connectivity index (χ0v) is 11.3. The Morgan fingerprint density at radius 3 is 2.28 bits per heavy atom. The Morgan fingerprint density at radius 1 is 1.17 bits per heavy atom. The predicted octanol–water partition coefficient (Wildman–Crippen LogP) is 0.633. The SMILES string of the molecule is CN(C(=O)CNC(=O)CN)C1CCCCCCC1. The van der Waals surface area contributed by atoms with Crippen molar-refractivity contribution < 1.29 is 9.59 Å². The van der Waals surface area contributed by atoms with E-state index in [4.69, 9.17) is 5.73 Å². The van der Waals surface area contributed by atoms with Gasteiger partial charge in [-0.1, -0.05) is 32.1 Å². The molecule has 0 saturated heterocycles. The first kappa shape index (κ1) is 15.0. The number of nitrogens with zero attached hydrogens (tertiary/aromatic N) is 1. The Kier molecular flexibility index (Phi) is 6.72. The Hall–Kier alpha value is -1.10. The highest BCUT2D eigenvalue weighted by atomic mass is 16.2. The minimum absolute atomic E-state index is 0.0256. The third kappa shape index (κ3) is 5.04. The second-order valence-electron chi connectivity index (χ2n) is 4.98. The molecule has 0 aromatic heterocycles. The van der Waals surface area contributed by atoms with Crippen molar-refractivity contribution in [3.8, 4) is 0 Å². The van der Waals surface area contributed by atoms with Crippen molar-refractivity contribution >= 4 is 11.8 Å². The third-order valence-electron chi connectivity index (χ3n) is 3.64. The van der Waals surface area contributed by atoms with Crippen LogP contribution in [0.5, 0.6) is 0 Å². The highest BCUT2D eigenvalue weighted by Crippen LogP contribution is 2.20. The maximum atomic E-state index is 11.9. The monoisotopic (exact) mass is 255 g/mol. The summed E-state index contributed by atoms with van der Waals surface area (Å²) in [6.45, 7) is -0.0105. The smallest absolute Gasteiger partial charge is 0.241 e. The van der Waals surface area contributed by atoms with Gasteiger partial charge in [0.1, 0.15) is 0 Å². The zero-order chi connectivity index (χ0) is 13.4. The minimum atomic E-state index is -0.283. The predicted molar refractivity (Wildman–Crippen MR) is 70.9 cm³/mol. The van der Waals surface area contributed by atoms with Crippen LogP contribution in [0.2, 0.25) is 0 Å². The first-order valence-electron chi connectivity index (χ1n) is 6.87. The van der Waals surface area contributed by atoms with Crippen molar-refractivity contribution in [3.63, 3.8) is 0 Å². The van der Waals surface area contributed by atoms with Gasteiger partial charge in [0.2, 0.25) is 11.8 Å². The van der Waals surface area contributed by atoms with Crippen LogP contribution in [-0.4, -0.2) is 42.9 Å². The van der Waals surface area contributed by atoms with E-state index < -0.39 is 0 Å². The third-order valence-corrected chi connectivity index (χ3v) is 3.64. The summed E-state index contributed by atoms with van der Waals surface area (Å²) in [6.07, 6.45) is 8.39. The summed E-state index contributed by atoms with van der Waals surface area (Å²) in [5.41, 5.74) is 5.18. The van der Waals surface area contributed by atoms with E-state index in [1.807, 2.05) is 7.05 Å². The van der Waals surface area contributed by atoms with Crippen molar-refractivity contribution in [3.05, 3.63) is 0 Å². The summed E-state index contributed by atoms with van der Waals surface area (Å²) in [5.74, 6) is -0.309. The van der Waals surface area contributed by atoms with Gasteiger partial charge in [0.05, 0.1) is 13.1 Å². The van der Waals surface area contributed by atoms with E-state index in [0.717, 1.165) is 12.8 Å². The number of nitrogens with one attached hydrogen (secondary N) is 1. The van der Waals surface area contributed by atoms with Gasteiger partial charge >= 0.3 is 0 Å². The summed E-state index contributed by atoms with van der Waals surface area (Å²) in [7, 11) is 1.84. The van der Waals surface area contributed by atoms with Gasteiger partial charge in [-0.15, -0.1) is 0 Å². The van der Waals surface area contributed by atoms with E-state index in [1.54, 1.807) is 4.90 Å². The molecule has 5 heteroatoms. The lowest BCUT2D eigenvalue weighted by atomic mass is 9.96. The van der Waals surface area contributed by atoms with Crippen LogP contribution in [0.15, 0.2) is 0 Å². The fraction of sp³-hybridized carbons (Fsp3) is 0.846. The first-order chi connectivity index (χ1) is 8.65. The van der Waals surface area contributed by atoms with Crippen LogP contribution >= 0.6 is 0 Å². The molecule has 0 radical (unpaired) electrons. The summed E-state index contributed by atoms with van der Waals surface area (Å²) in [4.78, 5) is 24.7. The molecule has 0 aromatic rings. The van der Waals surface area contributed by atoms with Crippen molar-refractivity contribution in [1.82, 2.24) is 10.2 Å². The first-order valence-corrected chi connectivity index (χ1v) is 6.87. The van der Waals surface area contributed by atoms with Crippen LogP contribution in [-0.2, 0) is 9.59 Å². The van der Waals surface area contributed by atoms with Gasteiger partial charge in [0.15, 0.2) is 0 Å². The molecule has 0 heterocycles. The molecule has 0 bridgehead atoms. The maximum Gasteiger partial charge on any atom is 0.241 e. The van der Waals surface area contributed by atoms with Gasteiger partial charge in [0, 0.05) is 13.1 Å². The standard InChI is InChI=1S/C13H25N3O2/c1-16(13(18)10-15-12(17)9-14)11-7-5-3-2-4-6-8-11/h11H,2-10,14H2,1H3,(H,15,17). The number of nitrogens with two attached hydrogens (primary N) is 1. The fourth-order valence-electron chi connectivity index (χ4n) is 2.40. The van der Waals surface area contributed by atoms with E-state index in [-0.39, 0.29) is 24.9 Å².